The van der Waals surface area contributed by atoms with Crippen LogP contribution in [0.3, 0.4) is 0 Å². The zero-order valence-corrected chi connectivity index (χ0v) is 15.4. The summed E-state index contributed by atoms with van der Waals surface area (Å²) in [6.07, 6.45) is 2.72. The van der Waals surface area contributed by atoms with Crippen molar-refractivity contribution in [3.8, 4) is 0 Å². The zero-order valence-electron chi connectivity index (χ0n) is 13.8. The second-order valence-corrected chi connectivity index (χ2v) is 8.15. The van der Waals surface area contributed by atoms with E-state index in [2.05, 4.69) is 17.6 Å². The van der Waals surface area contributed by atoms with Crippen molar-refractivity contribution in [2.24, 2.45) is 5.92 Å². The van der Waals surface area contributed by atoms with Crippen LogP contribution in [0.5, 0.6) is 0 Å². The maximum atomic E-state index is 12.4. The van der Waals surface area contributed by atoms with Gasteiger partial charge >= 0.3 is 5.00 Å². The van der Waals surface area contributed by atoms with Gasteiger partial charge < -0.3 is 10.6 Å². The molecule has 1 atom stereocenters. The van der Waals surface area contributed by atoms with E-state index < -0.39 is 10.8 Å². The van der Waals surface area contributed by atoms with E-state index >= 15 is 0 Å². The van der Waals surface area contributed by atoms with Crippen molar-refractivity contribution in [2.45, 2.75) is 26.2 Å². The molecule has 2 amide bonds. The standard InChI is InChI=1S/C16H17N3O4S2/c1-8-3-4-9-11(7-8)25-16(13(9)15(21)17-2)18-14(20)10-5-6-12(24-10)19(22)23/h5-6,8H,3-4,7H2,1-2H3,(H,17,21)(H,18,20)/t8-/m1/s1. The SMILES string of the molecule is CNC(=O)c1c(NC(=O)c2ccc([N+](=O)[O-])s2)sc2c1CC[C@@H](C)C2. The Bertz CT molecular complexity index is 856. The average Bonchev–Trinajstić information content (AvgIpc) is 3.18. The van der Waals surface area contributed by atoms with E-state index in [1.165, 1.54) is 23.5 Å². The number of nitrogens with one attached hydrogen (secondary N) is 2. The molecule has 0 bridgehead atoms. The minimum atomic E-state index is -0.525. The molecule has 2 aromatic heterocycles. The lowest BCUT2D eigenvalue weighted by Crippen LogP contribution is -2.22. The molecule has 0 unspecified atom stereocenters. The van der Waals surface area contributed by atoms with Gasteiger partial charge in [0.05, 0.1) is 15.4 Å². The van der Waals surface area contributed by atoms with Crippen LogP contribution in [0.25, 0.3) is 0 Å². The Labute approximate surface area is 152 Å². The predicted octanol–water partition coefficient (Wildman–Crippen LogP) is 3.45. The van der Waals surface area contributed by atoms with E-state index in [-0.39, 0.29) is 15.8 Å². The second kappa shape index (κ2) is 6.93. The van der Waals surface area contributed by atoms with Crippen molar-refractivity contribution < 1.29 is 14.5 Å². The van der Waals surface area contributed by atoms with E-state index in [0.717, 1.165) is 41.0 Å². The van der Waals surface area contributed by atoms with Gasteiger partial charge in [-0.25, -0.2) is 0 Å². The van der Waals surface area contributed by atoms with Crippen molar-refractivity contribution in [3.05, 3.63) is 43.1 Å². The highest BCUT2D eigenvalue weighted by molar-refractivity contribution is 7.18. The summed E-state index contributed by atoms with van der Waals surface area (Å²) in [6, 6.07) is 2.73. The van der Waals surface area contributed by atoms with Crippen LogP contribution in [-0.2, 0) is 12.8 Å². The number of hydrogen-bond donors (Lipinski definition) is 2. The Morgan fingerprint density at radius 3 is 2.68 bits per heavy atom. The largest absolute Gasteiger partial charge is 0.355 e. The van der Waals surface area contributed by atoms with Crippen molar-refractivity contribution in [2.75, 3.05) is 12.4 Å². The first-order chi connectivity index (χ1) is 11.9. The molecule has 9 heteroatoms. The molecule has 0 aliphatic heterocycles. The molecule has 2 N–H and O–H groups in total. The number of thiophene rings is 2. The molecular formula is C16H17N3O4S2. The topological polar surface area (TPSA) is 101 Å². The number of nitro groups is 1. The molecule has 0 aromatic carbocycles. The second-order valence-electron chi connectivity index (χ2n) is 5.98. The summed E-state index contributed by atoms with van der Waals surface area (Å²) >= 11 is 2.24. The monoisotopic (exact) mass is 379 g/mol. The molecule has 2 heterocycles. The minimum absolute atomic E-state index is 0.0871. The molecule has 7 nitrogen and oxygen atoms in total. The van der Waals surface area contributed by atoms with Gasteiger partial charge in [-0.3, -0.25) is 19.7 Å². The molecule has 0 spiro atoms. The highest BCUT2D eigenvalue weighted by atomic mass is 32.1. The number of carbonyl (C=O) groups excluding carboxylic acids is 2. The summed E-state index contributed by atoms with van der Waals surface area (Å²) in [4.78, 5) is 36.4. The summed E-state index contributed by atoms with van der Waals surface area (Å²) in [5.74, 6) is -0.110. The van der Waals surface area contributed by atoms with Crippen molar-refractivity contribution in [1.82, 2.24) is 5.32 Å². The Hall–Kier alpha value is -2.26. The van der Waals surface area contributed by atoms with Crippen molar-refractivity contribution in [1.29, 1.82) is 0 Å². The number of anilines is 1. The third kappa shape index (κ3) is 3.42. The van der Waals surface area contributed by atoms with Gasteiger partial charge in [-0.2, -0.15) is 0 Å². The molecular weight excluding hydrogens is 362 g/mol. The van der Waals surface area contributed by atoms with E-state index in [0.29, 0.717) is 16.5 Å². The first-order valence-corrected chi connectivity index (χ1v) is 9.46. The van der Waals surface area contributed by atoms with Crippen LogP contribution in [0.15, 0.2) is 12.1 Å². The Morgan fingerprint density at radius 2 is 2.04 bits per heavy atom. The van der Waals surface area contributed by atoms with Crippen LogP contribution in [0.2, 0.25) is 0 Å². The molecule has 2 aromatic rings. The van der Waals surface area contributed by atoms with E-state index in [1.54, 1.807) is 7.05 Å². The fourth-order valence-corrected chi connectivity index (χ4v) is 5.04. The van der Waals surface area contributed by atoms with Crippen molar-refractivity contribution >= 4 is 44.5 Å². The highest BCUT2D eigenvalue weighted by Gasteiger charge is 2.28. The lowest BCUT2D eigenvalue weighted by atomic mass is 9.88. The summed E-state index contributed by atoms with van der Waals surface area (Å²) < 4.78 is 0. The van der Waals surface area contributed by atoms with Gasteiger partial charge in [0.1, 0.15) is 5.00 Å². The third-order valence-electron chi connectivity index (χ3n) is 4.19. The molecule has 0 saturated carbocycles. The molecule has 1 aliphatic carbocycles. The van der Waals surface area contributed by atoms with Crippen LogP contribution in [0, 0.1) is 16.0 Å². The maximum absolute atomic E-state index is 12.4. The molecule has 1 aliphatic rings. The molecule has 0 saturated heterocycles. The van der Waals surface area contributed by atoms with Crippen LogP contribution in [-0.4, -0.2) is 23.8 Å². The van der Waals surface area contributed by atoms with Crippen LogP contribution >= 0.6 is 22.7 Å². The minimum Gasteiger partial charge on any atom is -0.355 e. The Morgan fingerprint density at radius 1 is 1.28 bits per heavy atom. The lowest BCUT2D eigenvalue weighted by molar-refractivity contribution is -0.380. The summed E-state index contributed by atoms with van der Waals surface area (Å²) in [5.41, 5.74) is 1.53. The zero-order chi connectivity index (χ0) is 18.1. The number of nitrogens with zero attached hydrogens (tertiary/aromatic N) is 1. The lowest BCUT2D eigenvalue weighted by Gasteiger charge is -2.18. The highest BCUT2D eigenvalue weighted by Crippen LogP contribution is 2.40. The van der Waals surface area contributed by atoms with Gasteiger partial charge in [-0.1, -0.05) is 18.3 Å². The first-order valence-electron chi connectivity index (χ1n) is 7.83. The van der Waals surface area contributed by atoms with Crippen LogP contribution in [0.4, 0.5) is 10.0 Å². The fourth-order valence-electron chi connectivity index (χ4n) is 2.92. The number of carbonyl (C=O) groups is 2. The number of fused-ring (bicyclic) bond motifs is 1. The van der Waals surface area contributed by atoms with E-state index in [4.69, 9.17) is 0 Å². The number of amides is 2. The van der Waals surface area contributed by atoms with Gasteiger partial charge in [-0.15, -0.1) is 11.3 Å². The average molecular weight is 379 g/mol. The molecule has 25 heavy (non-hydrogen) atoms. The molecule has 0 fully saturated rings. The van der Waals surface area contributed by atoms with Gasteiger partial charge in [0, 0.05) is 18.0 Å². The maximum Gasteiger partial charge on any atom is 0.324 e. The molecule has 132 valence electrons. The Balaban J connectivity index is 1.92. The predicted molar refractivity (Wildman–Crippen MR) is 97.8 cm³/mol. The smallest absolute Gasteiger partial charge is 0.324 e. The normalized spacial score (nSPS) is 16.2. The quantitative estimate of drug-likeness (QED) is 0.627. The fraction of sp³-hybridized carbons (Fsp3) is 0.375. The van der Waals surface area contributed by atoms with Gasteiger partial charge in [-0.05, 0) is 36.8 Å². The van der Waals surface area contributed by atoms with Gasteiger partial charge in [0.25, 0.3) is 11.8 Å². The molecule has 3 rings (SSSR count). The summed E-state index contributed by atoms with van der Waals surface area (Å²) in [6.45, 7) is 2.17. The van der Waals surface area contributed by atoms with E-state index in [1.807, 2.05) is 0 Å². The summed E-state index contributed by atoms with van der Waals surface area (Å²) in [5, 5.41) is 16.6. The van der Waals surface area contributed by atoms with Gasteiger partial charge in [0.15, 0.2) is 0 Å². The number of rotatable bonds is 4. The molecule has 0 radical (unpaired) electrons. The first kappa shape index (κ1) is 17.6. The van der Waals surface area contributed by atoms with Gasteiger partial charge in [0.2, 0.25) is 0 Å². The van der Waals surface area contributed by atoms with Crippen LogP contribution < -0.4 is 10.6 Å². The summed E-state index contributed by atoms with van der Waals surface area (Å²) in [7, 11) is 1.56. The number of hydrogen-bond acceptors (Lipinski definition) is 6. The van der Waals surface area contributed by atoms with Crippen LogP contribution in [0.1, 0.15) is 43.8 Å². The van der Waals surface area contributed by atoms with Crippen molar-refractivity contribution in [3.63, 3.8) is 0 Å². The Kier molecular flexibility index (Phi) is 4.87. The van der Waals surface area contributed by atoms with E-state index in [9.17, 15) is 19.7 Å². The third-order valence-corrected chi connectivity index (χ3v) is 6.39.